The highest BCUT2D eigenvalue weighted by Gasteiger charge is 2.34. The Morgan fingerprint density at radius 1 is 1.48 bits per heavy atom. The van der Waals surface area contributed by atoms with Crippen LogP contribution in [0.5, 0.6) is 0 Å². The van der Waals surface area contributed by atoms with E-state index in [1.807, 2.05) is 13.8 Å². The first-order chi connectivity index (χ1) is 9.77. The molecule has 1 aliphatic carbocycles. The highest BCUT2D eigenvalue weighted by Crippen LogP contribution is 2.32. The Kier molecular flexibility index (Phi) is 4.43. The average Bonchev–Trinajstić information content (AvgIpc) is 3.10. The van der Waals surface area contributed by atoms with E-state index >= 15 is 0 Å². The number of rotatable bonds is 7. The molecule has 1 aromatic heterocycles. The first kappa shape index (κ1) is 16.0. The summed E-state index contributed by atoms with van der Waals surface area (Å²) in [6, 6.07) is 1.11. The zero-order valence-electron chi connectivity index (χ0n) is 12.6. The van der Waals surface area contributed by atoms with E-state index in [1.165, 1.54) is 21.1 Å². The molecule has 7 heteroatoms. The van der Waals surface area contributed by atoms with Crippen molar-refractivity contribution in [3.63, 3.8) is 0 Å². The molecule has 2 rings (SSSR count). The van der Waals surface area contributed by atoms with Crippen LogP contribution in [0.25, 0.3) is 0 Å². The topological polar surface area (TPSA) is 79.6 Å². The van der Waals surface area contributed by atoms with Crippen LogP contribution in [0.3, 0.4) is 0 Å². The first-order valence-corrected chi connectivity index (χ1v) is 8.66. The maximum atomic E-state index is 12.8. The van der Waals surface area contributed by atoms with E-state index < -0.39 is 16.0 Å². The number of sulfonamides is 1. The van der Waals surface area contributed by atoms with Crippen LogP contribution in [-0.4, -0.2) is 41.0 Å². The second-order valence-electron chi connectivity index (χ2n) is 5.76. The Hall–Kier alpha value is -1.34. The third-order valence-corrected chi connectivity index (χ3v) is 5.76. The van der Waals surface area contributed by atoms with Gasteiger partial charge in [-0.25, -0.2) is 13.2 Å². The van der Waals surface area contributed by atoms with Crippen molar-refractivity contribution in [2.24, 2.45) is 5.92 Å². The number of hydrogen-bond donors (Lipinski definition) is 1. The van der Waals surface area contributed by atoms with E-state index in [9.17, 15) is 13.2 Å². The van der Waals surface area contributed by atoms with Crippen LogP contribution in [-0.2, 0) is 16.6 Å². The SMILES string of the molecule is CCn1cc(S(=O)(=O)N(CC2CC2)C(C)C)cc1C(=O)O. The summed E-state index contributed by atoms with van der Waals surface area (Å²) < 4.78 is 28.4. The van der Waals surface area contributed by atoms with Gasteiger partial charge in [-0.2, -0.15) is 4.31 Å². The fraction of sp³-hybridized carbons (Fsp3) is 0.643. The summed E-state index contributed by atoms with van der Waals surface area (Å²) >= 11 is 0. The summed E-state index contributed by atoms with van der Waals surface area (Å²) in [5.74, 6) is -0.675. The Balaban J connectivity index is 2.39. The predicted octanol–water partition coefficient (Wildman–Crippen LogP) is 2.02. The Morgan fingerprint density at radius 2 is 2.10 bits per heavy atom. The van der Waals surface area contributed by atoms with Gasteiger partial charge in [0, 0.05) is 25.3 Å². The average molecular weight is 314 g/mol. The predicted molar refractivity (Wildman–Crippen MR) is 78.8 cm³/mol. The highest BCUT2D eigenvalue weighted by molar-refractivity contribution is 7.89. The summed E-state index contributed by atoms with van der Waals surface area (Å²) in [7, 11) is -3.65. The molecule has 0 bridgehead atoms. The smallest absolute Gasteiger partial charge is 0.352 e. The summed E-state index contributed by atoms with van der Waals surface area (Å²) in [5.41, 5.74) is 0.00574. The van der Waals surface area contributed by atoms with E-state index in [1.54, 1.807) is 6.92 Å². The molecule has 0 amide bonds. The van der Waals surface area contributed by atoms with Crippen molar-refractivity contribution >= 4 is 16.0 Å². The fourth-order valence-corrected chi connectivity index (χ4v) is 4.10. The number of carboxylic acid groups (broad SMARTS) is 1. The molecule has 0 saturated heterocycles. The molecular formula is C14H22N2O4S. The van der Waals surface area contributed by atoms with Crippen molar-refractivity contribution in [2.75, 3.05) is 6.54 Å². The van der Waals surface area contributed by atoms with Crippen LogP contribution in [0.15, 0.2) is 17.2 Å². The standard InChI is InChI=1S/C14H22N2O4S/c1-4-15-9-12(7-13(15)14(17)18)21(19,20)16(10(2)3)8-11-5-6-11/h7,9-11H,4-6,8H2,1-3H3,(H,17,18). The number of carboxylic acids is 1. The number of nitrogens with zero attached hydrogens (tertiary/aromatic N) is 2. The lowest BCUT2D eigenvalue weighted by Gasteiger charge is -2.25. The molecule has 0 aromatic carbocycles. The molecule has 0 unspecified atom stereocenters. The van der Waals surface area contributed by atoms with Gasteiger partial charge in [-0.15, -0.1) is 0 Å². The minimum Gasteiger partial charge on any atom is -0.477 e. The van der Waals surface area contributed by atoms with Crippen molar-refractivity contribution in [1.82, 2.24) is 8.87 Å². The lowest BCUT2D eigenvalue weighted by molar-refractivity contribution is 0.0685. The van der Waals surface area contributed by atoms with Crippen molar-refractivity contribution in [1.29, 1.82) is 0 Å². The van der Waals surface area contributed by atoms with E-state index in [-0.39, 0.29) is 16.6 Å². The van der Waals surface area contributed by atoms with Gasteiger partial charge in [0.05, 0.1) is 0 Å². The van der Waals surface area contributed by atoms with Crippen LogP contribution >= 0.6 is 0 Å². The second kappa shape index (κ2) is 5.81. The normalized spacial score (nSPS) is 15.9. The molecule has 21 heavy (non-hydrogen) atoms. The van der Waals surface area contributed by atoms with E-state index in [0.717, 1.165) is 12.8 Å². The third-order valence-electron chi connectivity index (χ3n) is 3.75. The molecule has 1 fully saturated rings. The number of aryl methyl sites for hydroxylation is 1. The monoisotopic (exact) mass is 314 g/mol. The van der Waals surface area contributed by atoms with Crippen LogP contribution in [0, 0.1) is 5.92 Å². The maximum Gasteiger partial charge on any atom is 0.352 e. The van der Waals surface area contributed by atoms with Gasteiger partial charge in [-0.05, 0) is 45.6 Å². The Labute approximate surface area is 125 Å². The zero-order chi connectivity index (χ0) is 15.8. The molecule has 0 spiro atoms. The minimum atomic E-state index is -3.65. The van der Waals surface area contributed by atoms with Gasteiger partial charge in [0.2, 0.25) is 10.0 Å². The molecular weight excluding hydrogens is 292 g/mol. The number of aromatic carboxylic acids is 1. The quantitative estimate of drug-likeness (QED) is 0.835. The van der Waals surface area contributed by atoms with Gasteiger partial charge in [-0.1, -0.05) is 0 Å². The lowest BCUT2D eigenvalue weighted by atomic mass is 10.3. The number of aromatic nitrogens is 1. The molecule has 1 N–H and O–H groups in total. The molecule has 1 heterocycles. The summed E-state index contributed by atoms with van der Waals surface area (Å²) in [4.78, 5) is 11.2. The fourth-order valence-electron chi connectivity index (χ4n) is 2.34. The molecule has 1 aliphatic rings. The van der Waals surface area contributed by atoms with Crippen LogP contribution in [0.4, 0.5) is 0 Å². The van der Waals surface area contributed by atoms with Crippen LogP contribution in [0.1, 0.15) is 44.1 Å². The lowest BCUT2D eigenvalue weighted by Crippen LogP contribution is -2.38. The summed E-state index contributed by atoms with van der Waals surface area (Å²) in [6.45, 7) is 6.40. The van der Waals surface area contributed by atoms with Gasteiger partial charge in [0.25, 0.3) is 0 Å². The largest absolute Gasteiger partial charge is 0.477 e. The molecule has 0 aliphatic heterocycles. The second-order valence-corrected chi connectivity index (χ2v) is 7.65. The molecule has 6 nitrogen and oxygen atoms in total. The van der Waals surface area contributed by atoms with Gasteiger partial charge < -0.3 is 9.67 Å². The Morgan fingerprint density at radius 3 is 2.48 bits per heavy atom. The highest BCUT2D eigenvalue weighted by atomic mass is 32.2. The van der Waals surface area contributed by atoms with Crippen molar-refractivity contribution in [2.45, 2.75) is 51.1 Å². The van der Waals surface area contributed by atoms with E-state index in [0.29, 0.717) is 19.0 Å². The maximum absolute atomic E-state index is 12.8. The van der Waals surface area contributed by atoms with Crippen molar-refractivity contribution in [3.05, 3.63) is 18.0 Å². The van der Waals surface area contributed by atoms with Crippen LogP contribution < -0.4 is 0 Å². The van der Waals surface area contributed by atoms with Crippen LogP contribution in [0.2, 0.25) is 0 Å². The van der Waals surface area contributed by atoms with E-state index in [4.69, 9.17) is 5.11 Å². The molecule has 118 valence electrons. The van der Waals surface area contributed by atoms with Gasteiger partial charge in [0.15, 0.2) is 0 Å². The third kappa shape index (κ3) is 3.29. The number of carbonyl (C=O) groups is 1. The van der Waals surface area contributed by atoms with Crippen molar-refractivity contribution in [3.8, 4) is 0 Å². The summed E-state index contributed by atoms with van der Waals surface area (Å²) in [5, 5.41) is 9.15. The van der Waals surface area contributed by atoms with E-state index in [2.05, 4.69) is 0 Å². The summed E-state index contributed by atoms with van der Waals surface area (Å²) in [6.07, 6.45) is 3.55. The Bertz CT molecular complexity index is 629. The molecule has 1 saturated carbocycles. The van der Waals surface area contributed by atoms with Gasteiger partial charge in [-0.3, -0.25) is 0 Å². The molecule has 1 aromatic rings. The van der Waals surface area contributed by atoms with Gasteiger partial charge in [0.1, 0.15) is 10.6 Å². The zero-order valence-corrected chi connectivity index (χ0v) is 13.4. The first-order valence-electron chi connectivity index (χ1n) is 7.22. The number of hydrogen-bond acceptors (Lipinski definition) is 3. The molecule has 0 atom stereocenters. The minimum absolute atomic E-state index is 0.00574. The molecule has 0 radical (unpaired) electrons. The van der Waals surface area contributed by atoms with Gasteiger partial charge >= 0.3 is 5.97 Å². The van der Waals surface area contributed by atoms with Crippen molar-refractivity contribution < 1.29 is 18.3 Å².